The lowest BCUT2D eigenvalue weighted by Gasteiger charge is -2.33. The predicted octanol–water partition coefficient (Wildman–Crippen LogP) is 2.61. The van der Waals surface area contributed by atoms with E-state index < -0.39 is 0 Å². The summed E-state index contributed by atoms with van der Waals surface area (Å²) >= 11 is 0. The first-order valence-corrected chi connectivity index (χ1v) is 8.41. The van der Waals surface area contributed by atoms with Crippen molar-refractivity contribution in [1.82, 2.24) is 4.90 Å². The van der Waals surface area contributed by atoms with Crippen molar-refractivity contribution in [2.75, 3.05) is 46.1 Å². The van der Waals surface area contributed by atoms with E-state index in [0.717, 1.165) is 25.0 Å². The van der Waals surface area contributed by atoms with Crippen LogP contribution in [0.1, 0.15) is 40.5 Å². The van der Waals surface area contributed by atoms with Crippen molar-refractivity contribution < 1.29 is 14.3 Å². The molecule has 0 aromatic rings. The van der Waals surface area contributed by atoms with Crippen molar-refractivity contribution in [3.63, 3.8) is 0 Å². The first-order valence-electron chi connectivity index (χ1n) is 8.41. The summed E-state index contributed by atoms with van der Waals surface area (Å²) in [5.74, 6) is 1.92. The first-order chi connectivity index (χ1) is 10.0. The number of rotatable bonds is 10. The Hall–Kier alpha value is -0.450. The van der Waals surface area contributed by atoms with Crippen LogP contribution in [-0.2, 0) is 14.3 Å². The number of hydrogen-bond acceptors (Lipinski definition) is 4. The topological polar surface area (TPSA) is 38.8 Å². The molecule has 0 bridgehead atoms. The van der Waals surface area contributed by atoms with Gasteiger partial charge < -0.3 is 14.4 Å². The highest BCUT2D eigenvalue weighted by Gasteiger charge is 2.20. The van der Waals surface area contributed by atoms with E-state index in [4.69, 9.17) is 9.47 Å². The summed E-state index contributed by atoms with van der Waals surface area (Å²) in [6.45, 7) is 13.9. The van der Waals surface area contributed by atoms with E-state index in [-0.39, 0.29) is 18.3 Å². The van der Waals surface area contributed by atoms with Gasteiger partial charge in [0.15, 0.2) is 5.78 Å². The third-order valence-electron chi connectivity index (χ3n) is 4.39. The van der Waals surface area contributed by atoms with Crippen LogP contribution < -0.4 is 0 Å². The summed E-state index contributed by atoms with van der Waals surface area (Å²) in [5, 5.41) is 0. The molecular formula is C17H33NO3. The zero-order valence-corrected chi connectivity index (χ0v) is 14.3. The lowest BCUT2D eigenvalue weighted by Crippen LogP contribution is -2.37. The van der Waals surface area contributed by atoms with E-state index in [9.17, 15) is 4.79 Å². The second-order valence-corrected chi connectivity index (χ2v) is 6.71. The van der Waals surface area contributed by atoms with Gasteiger partial charge >= 0.3 is 0 Å². The van der Waals surface area contributed by atoms with Gasteiger partial charge in [0.05, 0.1) is 19.8 Å². The van der Waals surface area contributed by atoms with Crippen LogP contribution in [0.3, 0.4) is 0 Å². The zero-order valence-electron chi connectivity index (χ0n) is 14.3. The van der Waals surface area contributed by atoms with Crippen LogP contribution in [-0.4, -0.2) is 56.7 Å². The Balaban J connectivity index is 1.92. The maximum atomic E-state index is 11.3. The molecule has 4 nitrogen and oxygen atoms in total. The number of carbonyl (C=O) groups is 1. The van der Waals surface area contributed by atoms with Crippen molar-refractivity contribution in [3.05, 3.63) is 0 Å². The average Bonchev–Trinajstić information content (AvgIpc) is 2.46. The quantitative estimate of drug-likeness (QED) is 0.581. The fourth-order valence-electron chi connectivity index (χ4n) is 2.60. The summed E-state index contributed by atoms with van der Waals surface area (Å²) < 4.78 is 10.9. The van der Waals surface area contributed by atoms with Gasteiger partial charge in [-0.15, -0.1) is 0 Å². The molecule has 0 radical (unpaired) electrons. The van der Waals surface area contributed by atoms with Crippen molar-refractivity contribution in [1.29, 1.82) is 0 Å². The number of nitrogens with zero attached hydrogens (tertiary/aromatic N) is 1. The monoisotopic (exact) mass is 299 g/mol. The first kappa shape index (κ1) is 18.6. The highest BCUT2D eigenvalue weighted by Crippen LogP contribution is 2.23. The molecule has 0 saturated carbocycles. The number of ketones is 1. The van der Waals surface area contributed by atoms with E-state index in [1.54, 1.807) is 0 Å². The molecule has 1 rings (SSSR count). The molecule has 0 unspecified atom stereocenters. The minimum Gasteiger partial charge on any atom is -0.378 e. The molecule has 1 saturated heterocycles. The number of ether oxygens (including phenoxy) is 2. The van der Waals surface area contributed by atoms with Crippen molar-refractivity contribution in [2.45, 2.75) is 40.5 Å². The molecule has 0 amide bonds. The van der Waals surface area contributed by atoms with Gasteiger partial charge in [0.2, 0.25) is 0 Å². The van der Waals surface area contributed by atoms with Crippen LogP contribution in [0.4, 0.5) is 0 Å². The second-order valence-electron chi connectivity index (χ2n) is 6.71. The molecule has 21 heavy (non-hydrogen) atoms. The highest BCUT2D eigenvalue weighted by atomic mass is 16.5. The molecule has 0 aromatic carbocycles. The lowest BCUT2D eigenvalue weighted by atomic mass is 9.87. The van der Waals surface area contributed by atoms with E-state index >= 15 is 0 Å². The van der Waals surface area contributed by atoms with Gasteiger partial charge in [-0.2, -0.15) is 0 Å². The Morgan fingerprint density at radius 3 is 2.24 bits per heavy atom. The molecule has 0 N–H and O–H groups in total. The summed E-state index contributed by atoms with van der Waals surface area (Å²) in [6.07, 6.45) is 2.64. The molecule has 1 aliphatic heterocycles. The van der Waals surface area contributed by atoms with Crippen molar-refractivity contribution >= 4 is 5.78 Å². The third-order valence-corrected chi connectivity index (χ3v) is 4.39. The van der Waals surface area contributed by atoms with Crippen LogP contribution >= 0.6 is 0 Å². The van der Waals surface area contributed by atoms with Gasteiger partial charge in [0.1, 0.15) is 6.61 Å². The summed E-state index contributed by atoms with van der Waals surface area (Å²) in [7, 11) is 0. The Morgan fingerprint density at radius 2 is 1.67 bits per heavy atom. The van der Waals surface area contributed by atoms with Gasteiger partial charge in [0, 0.05) is 12.5 Å². The van der Waals surface area contributed by atoms with Crippen molar-refractivity contribution in [3.8, 4) is 0 Å². The molecule has 0 atom stereocenters. The van der Waals surface area contributed by atoms with E-state index in [2.05, 4.69) is 18.7 Å². The molecule has 124 valence electrons. The molecule has 1 fully saturated rings. The Kier molecular flexibility index (Phi) is 9.13. The molecule has 1 heterocycles. The summed E-state index contributed by atoms with van der Waals surface area (Å²) in [4.78, 5) is 13.8. The minimum atomic E-state index is 0.0553. The Labute approximate surface area is 130 Å². The SMILES string of the molecule is CC(C)C(=O)COCCOCCN1CCC(C(C)C)CC1. The zero-order chi connectivity index (χ0) is 15.7. The number of piperidine rings is 1. The van der Waals surface area contributed by atoms with Gasteiger partial charge in [-0.1, -0.05) is 27.7 Å². The van der Waals surface area contributed by atoms with Crippen molar-refractivity contribution in [2.24, 2.45) is 17.8 Å². The highest BCUT2D eigenvalue weighted by molar-refractivity contribution is 5.81. The van der Waals surface area contributed by atoms with Crippen LogP contribution in [0.5, 0.6) is 0 Å². The largest absolute Gasteiger partial charge is 0.378 e. The smallest absolute Gasteiger partial charge is 0.160 e. The Bertz CT molecular complexity index is 284. The van der Waals surface area contributed by atoms with E-state index in [0.29, 0.717) is 13.2 Å². The maximum absolute atomic E-state index is 11.3. The third kappa shape index (κ3) is 7.93. The summed E-state index contributed by atoms with van der Waals surface area (Å²) in [6, 6.07) is 0. The molecular weight excluding hydrogens is 266 g/mol. The maximum Gasteiger partial charge on any atom is 0.160 e. The number of hydrogen-bond donors (Lipinski definition) is 0. The standard InChI is InChI=1S/C17H33NO3/c1-14(2)16-5-7-18(8-6-16)9-10-20-11-12-21-13-17(19)15(3)4/h14-16H,5-13H2,1-4H3. The Morgan fingerprint density at radius 1 is 1.05 bits per heavy atom. The minimum absolute atomic E-state index is 0.0553. The summed E-state index contributed by atoms with van der Waals surface area (Å²) in [5.41, 5.74) is 0. The van der Waals surface area contributed by atoms with Crippen LogP contribution in [0.25, 0.3) is 0 Å². The van der Waals surface area contributed by atoms with Gasteiger partial charge in [-0.3, -0.25) is 4.79 Å². The normalized spacial score (nSPS) is 17.8. The van der Waals surface area contributed by atoms with E-state index in [1.807, 2.05) is 13.8 Å². The van der Waals surface area contributed by atoms with Crippen LogP contribution in [0.2, 0.25) is 0 Å². The average molecular weight is 299 g/mol. The second kappa shape index (κ2) is 10.3. The fourth-order valence-corrected chi connectivity index (χ4v) is 2.60. The predicted molar refractivity (Wildman–Crippen MR) is 85.5 cm³/mol. The number of likely N-dealkylation sites (tertiary alicyclic amines) is 1. The number of Topliss-reactive ketones (excluding diaryl/α,β-unsaturated/α-hetero) is 1. The van der Waals surface area contributed by atoms with Crippen LogP contribution in [0.15, 0.2) is 0 Å². The van der Waals surface area contributed by atoms with Gasteiger partial charge in [-0.05, 0) is 37.8 Å². The molecule has 0 aliphatic carbocycles. The van der Waals surface area contributed by atoms with E-state index in [1.165, 1.54) is 25.9 Å². The molecule has 1 aliphatic rings. The van der Waals surface area contributed by atoms with Gasteiger partial charge in [0.25, 0.3) is 0 Å². The van der Waals surface area contributed by atoms with Gasteiger partial charge in [-0.25, -0.2) is 0 Å². The lowest BCUT2D eigenvalue weighted by molar-refractivity contribution is -0.127. The number of carbonyl (C=O) groups excluding carboxylic acids is 1. The van der Waals surface area contributed by atoms with Crippen LogP contribution in [0, 0.1) is 17.8 Å². The fraction of sp³-hybridized carbons (Fsp3) is 0.941. The molecule has 4 heteroatoms. The molecule has 0 aromatic heterocycles. The molecule has 0 spiro atoms.